The third-order valence-electron chi connectivity index (χ3n) is 3.63. The van der Waals surface area contributed by atoms with Crippen LogP contribution in [-0.2, 0) is 4.74 Å². The molecule has 0 bridgehead atoms. The summed E-state index contributed by atoms with van der Waals surface area (Å²) in [5, 5.41) is 3.22. The zero-order chi connectivity index (χ0) is 11.2. The molecule has 16 heavy (non-hydrogen) atoms. The SMILES string of the molecule is CCN1CCN(CCCOC2CNC2)CC1. The van der Waals surface area contributed by atoms with Crippen molar-refractivity contribution in [2.45, 2.75) is 19.4 Å². The minimum atomic E-state index is 0.497. The fourth-order valence-corrected chi connectivity index (χ4v) is 2.25. The van der Waals surface area contributed by atoms with Crippen LogP contribution < -0.4 is 5.32 Å². The van der Waals surface area contributed by atoms with Gasteiger partial charge in [0.1, 0.15) is 0 Å². The van der Waals surface area contributed by atoms with Crippen LogP contribution in [0.3, 0.4) is 0 Å². The lowest BCUT2D eigenvalue weighted by Crippen LogP contribution is -2.49. The van der Waals surface area contributed by atoms with Crippen LogP contribution in [0, 0.1) is 0 Å². The van der Waals surface area contributed by atoms with Gasteiger partial charge >= 0.3 is 0 Å². The van der Waals surface area contributed by atoms with Gasteiger partial charge in [-0.3, -0.25) is 0 Å². The third-order valence-corrected chi connectivity index (χ3v) is 3.63. The fraction of sp³-hybridized carbons (Fsp3) is 1.00. The van der Waals surface area contributed by atoms with Gasteiger partial charge in [0.2, 0.25) is 0 Å². The van der Waals surface area contributed by atoms with Crippen molar-refractivity contribution in [3.05, 3.63) is 0 Å². The highest BCUT2D eigenvalue weighted by atomic mass is 16.5. The molecule has 0 unspecified atom stereocenters. The predicted octanol–water partition coefficient (Wildman–Crippen LogP) is 0.00240. The summed E-state index contributed by atoms with van der Waals surface area (Å²) < 4.78 is 5.71. The van der Waals surface area contributed by atoms with Crippen LogP contribution in [0.15, 0.2) is 0 Å². The van der Waals surface area contributed by atoms with E-state index in [-0.39, 0.29) is 0 Å². The number of nitrogens with one attached hydrogen (secondary N) is 1. The summed E-state index contributed by atoms with van der Waals surface area (Å²) in [4.78, 5) is 5.08. The predicted molar refractivity (Wildman–Crippen MR) is 65.8 cm³/mol. The zero-order valence-corrected chi connectivity index (χ0v) is 10.5. The molecule has 0 radical (unpaired) electrons. The van der Waals surface area contributed by atoms with Crippen molar-refractivity contribution in [2.75, 3.05) is 59.0 Å². The molecule has 2 fully saturated rings. The van der Waals surface area contributed by atoms with Crippen LogP contribution in [-0.4, -0.2) is 74.9 Å². The maximum Gasteiger partial charge on any atom is 0.0823 e. The second kappa shape index (κ2) is 6.55. The van der Waals surface area contributed by atoms with E-state index in [9.17, 15) is 0 Å². The summed E-state index contributed by atoms with van der Waals surface area (Å²) in [5.41, 5.74) is 0. The molecule has 4 nitrogen and oxygen atoms in total. The van der Waals surface area contributed by atoms with E-state index in [1.165, 1.54) is 45.7 Å². The van der Waals surface area contributed by atoms with E-state index in [1.54, 1.807) is 0 Å². The van der Waals surface area contributed by atoms with Crippen molar-refractivity contribution < 1.29 is 4.74 Å². The molecule has 4 heteroatoms. The molecular formula is C12H25N3O. The van der Waals surface area contributed by atoms with Crippen LogP contribution in [0.5, 0.6) is 0 Å². The average Bonchev–Trinajstić information content (AvgIpc) is 2.27. The molecule has 0 aromatic heterocycles. The normalized spacial score (nSPS) is 24.6. The van der Waals surface area contributed by atoms with Gasteiger partial charge in [-0.2, -0.15) is 0 Å². The van der Waals surface area contributed by atoms with Gasteiger partial charge in [0, 0.05) is 52.4 Å². The molecule has 0 spiro atoms. The molecule has 0 aromatic carbocycles. The standard InChI is InChI=1S/C12H25N3O/c1-2-14-5-7-15(8-6-14)4-3-9-16-12-10-13-11-12/h12-13H,2-11H2,1H3. The van der Waals surface area contributed by atoms with E-state index < -0.39 is 0 Å². The van der Waals surface area contributed by atoms with Gasteiger partial charge < -0.3 is 19.9 Å². The van der Waals surface area contributed by atoms with E-state index in [0.717, 1.165) is 19.7 Å². The van der Waals surface area contributed by atoms with Crippen LogP contribution in [0.4, 0.5) is 0 Å². The molecule has 0 aromatic rings. The molecule has 0 atom stereocenters. The van der Waals surface area contributed by atoms with Crippen molar-refractivity contribution in [1.82, 2.24) is 15.1 Å². The zero-order valence-electron chi connectivity index (χ0n) is 10.5. The second-order valence-corrected chi connectivity index (χ2v) is 4.78. The highest BCUT2D eigenvalue weighted by Crippen LogP contribution is 2.03. The molecule has 2 rings (SSSR count). The lowest BCUT2D eigenvalue weighted by Gasteiger charge is -2.34. The summed E-state index contributed by atoms with van der Waals surface area (Å²) in [5.74, 6) is 0. The lowest BCUT2D eigenvalue weighted by atomic mass is 10.2. The Hall–Kier alpha value is -0.160. The molecule has 2 heterocycles. The summed E-state index contributed by atoms with van der Waals surface area (Å²) in [6, 6.07) is 0. The molecule has 2 aliphatic heterocycles. The van der Waals surface area contributed by atoms with Crippen molar-refractivity contribution in [2.24, 2.45) is 0 Å². The molecule has 94 valence electrons. The highest BCUT2D eigenvalue weighted by Gasteiger charge is 2.17. The first-order valence-electron chi connectivity index (χ1n) is 6.65. The van der Waals surface area contributed by atoms with E-state index in [4.69, 9.17) is 4.74 Å². The Labute approximate surface area is 98.9 Å². The van der Waals surface area contributed by atoms with Crippen LogP contribution in [0.1, 0.15) is 13.3 Å². The minimum Gasteiger partial charge on any atom is -0.376 e. The van der Waals surface area contributed by atoms with Crippen molar-refractivity contribution in [3.63, 3.8) is 0 Å². The molecule has 0 aliphatic carbocycles. The van der Waals surface area contributed by atoms with Crippen molar-refractivity contribution >= 4 is 0 Å². The van der Waals surface area contributed by atoms with E-state index in [0.29, 0.717) is 6.10 Å². The fourth-order valence-electron chi connectivity index (χ4n) is 2.25. The van der Waals surface area contributed by atoms with Crippen molar-refractivity contribution in [1.29, 1.82) is 0 Å². The largest absolute Gasteiger partial charge is 0.376 e. The van der Waals surface area contributed by atoms with Crippen molar-refractivity contribution in [3.8, 4) is 0 Å². The average molecular weight is 227 g/mol. The number of hydrogen-bond donors (Lipinski definition) is 1. The quantitative estimate of drug-likeness (QED) is 0.647. The van der Waals surface area contributed by atoms with Crippen LogP contribution >= 0.6 is 0 Å². The Morgan fingerprint density at radius 3 is 2.38 bits per heavy atom. The smallest absolute Gasteiger partial charge is 0.0823 e. The maximum absolute atomic E-state index is 5.71. The number of hydrogen-bond acceptors (Lipinski definition) is 4. The number of rotatable bonds is 6. The summed E-state index contributed by atoms with van der Waals surface area (Å²) in [6.07, 6.45) is 1.68. The third kappa shape index (κ3) is 3.70. The Balaban J connectivity index is 1.47. The van der Waals surface area contributed by atoms with Gasteiger partial charge in [0.25, 0.3) is 0 Å². The Kier molecular flexibility index (Phi) is 5.03. The number of likely N-dealkylation sites (N-methyl/N-ethyl adjacent to an activating group) is 1. The second-order valence-electron chi connectivity index (χ2n) is 4.78. The Morgan fingerprint density at radius 2 is 1.81 bits per heavy atom. The Bertz CT molecular complexity index is 189. The first kappa shape index (κ1) is 12.3. The van der Waals surface area contributed by atoms with E-state index in [1.807, 2.05) is 0 Å². The molecule has 0 amide bonds. The number of ether oxygens (including phenoxy) is 1. The van der Waals surface area contributed by atoms with Crippen LogP contribution in [0.25, 0.3) is 0 Å². The van der Waals surface area contributed by atoms with Gasteiger partial charge in [0.05, 0.1) is 6.10 Å². The summed E-state index contributed by atoms with van der Waals surface area (Å²) >= 11 is 0. The number of piperazine rings is 1. The summed E-state index contributed by atoms with van der Waals surface area (Å²) in [6.45, 7) is 12.6. The highest BCUT2D eigenvalue weighted by molar-refractivity contribution is 4.75. The van der Waals surface area contributed by atoms with Gasteiger partial charge in [-0.1, -0.05) is 6.92 Å². The molecule has 2 aliphatic rings. The first-order valence-corrected chi connectivity index (χ1v) is 6.65. The van der Waals surface area contributed by atoms with Gasteiger partial charge in [0.15, 0.2) is 0 Å². The molecule has 1 N–H and O–H groups in total. The minimum absolute atomic E-state index is 0.497. The van der Waals surface area contributed by atoms with E-state index >= 15 is 0 Å². The number of nitrogens with zero attached hydrogens (tertiary/aromatic N) is 2. The molecule has 2 saturated heterocycles. The van der Waals surface area contributed by atoms with E-state index in [2.05, 4.69) is 22.0 Å². The molecule has 0 saturated carbocycles. The van der Waals surface area contributed by atoms with Gasteiger partial charge in [-0.25, -0.2) is 0 Å². The lowest BCUT2D eigenvalue weighted by molar-refractivity contribution is 0.0126. The van der Waals surface area contributed by atoms with Gasteiger partial charge in [-0.15, -0.1) is 0 Å². The summed E-state index contributed by atoms with van der Waals surface area (Å²) in [7, 11) is 0. The monoisotopic (exact) mass is 227 g/mol. The topological polar surface area (TPSA) is 27.7 Å². The van der Waals surface area contributed by atoms with Crippen LogP contribution in [0.2, 0.25) is 0 Å². The van der Waals surface area contributed by atoms with Gasteiger partial charge in [-0.05, 0) is 13.0 Å². The maximum atomic E-state index is 5.71. The first-order chi connectivity index (χ1) is 7.88. The Morgan fingerprint density at radius 1 is 1.12 bits per heavy atom. The molecular weight excluding hydrogens is 202 g/mol.